The highest BCUT2D eigenvalue weighted by Crippen LogP contribution is 2.56. The maximum atomic E-state index is 6.64. The van der Waals surface area contributed by atoms with Crippen molar-refractivity contribution < 1.29 is 8.83 Å². The first-order valence-corrected chi connectivity index (χ1v) is 24.2. The quantitative estimate of drug-likeness (QED) is 0.176. The van der Waals surface area contributed by atoms with Crippen LogP contribution in [-0.4, -0.2) is 4.57 Å². The number of para-hydroxylation sites is 2. The van der Waals surface area contributed by atoms with Crippen molar-refractivity contribution in [3.8, 4) is 61.3 Å². The topological polar surface area (TPSA) is 31.2 Å². The van der Waals surface area contributed by atoms with Gasteiger partial charge in [0.05, 0.1) is 22.1 Å². The zero-order valence-electron chi connectivity index (χ0n) is 38.8. The second kappa shape index (κ2) is 13.6. The Morgan fingerprint density at radius 3 is 1.52 bits per heavy atom. The maximum absolute atomic E-state index is 6.64. The number of hydrogen-bond donors (Lipinski definition) is 0. The van der Waals surface area contributed by atoms with Crippen LogP contribution in [0.5, 0.6) is 0 Å². The van der Waals surface area contributed by atoms with Crippen molar-refractivity contribution in [2.75, 3.05) is 0 Å². The summed E-state index contributed by atoms with van der Waals surface area (Å²) in [5, 5.41) is 6.83. The van der Waals surface area contributed by atoms with Crippen LogP contribution in [0, 0.1) is 0 Å². The molecule has 0 bridgehead atoms. The molecule has 0 radical (unpaired) electrons. The minimum absolute atomic E-state index is 0.139. The predicted octanol–water partition coefficient (Wildman–Crippen LogP) is 18.2. The standard InChI is InChI=1S/C66H45NO2/c1-65(2)50-24-9-5-17-43(50)60-41(21-13-26-52(60)65)39-36-48(42-23-14-27-53-61(42)44-18-6-10-25-51(44)66(53,3)4)64-49(37-39)47-35-38(40-22-15-31-58-62(40)45-19-7-11-29-56(45)68-58)33-34-54(47)67(64)55-28-16-32-59-63(55)46-20-8-12-30-57(46)69-59/h5-37H,1-4H3. The number of aromatic nitrogens is 1. The van der Waals surface area contributed by atoms with Gasteiger partial charge in [-0.1, -0.05) is 173 Å². The lowest BCUT2D eigenvalue weighted by Crippen LogP contribution is -2.14. The summed E-state index contributed by atoms with van der Waals surface area (Å²) in [5.74, 6) is 0. The molecular weight excluding hydrogens is 839 g/mol. The summed E-state index contributed by atoms with van der Waals surface area (Å²) in [6.45, 7) is 9.52. The summed E-state index contributed by atoms with van der Waals surface area (Å²) in [4.78, 5) is 0. The van der Waals surface area contributed by atoms with E-state index in [4.69, 9.17) is 8.83 Å². The average Bonchev–Trinajstić information content (AvgIpc) is 4.16. The van der Waals surface area contributed by atoms with Crippen molar-refractivity contribution in [2.24, 2.45) is 0 Å². The van der Waals surface area contributed by atoms with E-state index >= 15 is 0 Å². The van der Waals surface area contributed by atoms with Crippen molar-refractivity contribution in [3.05, 3.63) is 222 Å². The molecule has 0 N–H and O–H groups in total. The summed E-state index contributed by atoms with van der Waals surface area (Å²) in [6.07, 6.45) is 0. The molecule has 10 aromatic carbocycles. The first-order valence-electron chi connectivity index (χ1n) is 24.2. The van der Waals surface area contributed by atoms with E-state index in [1.54, 1.807) is 0 Å². The molecule has 2 aliphatic carbocycles. The van der Waals surface area contributed by atoms with E-state index in [1.165, 1.54) is 83.1 Å². The van der Waals surface area contributed by atoms with Gasteiger partial charge in [-0.15, -0.1) is 0 Å². The van der Waals surface area contributed by atoms with E-state index < -0.39 is 0 Å². The molecule has 0 fully saturated rings. The number of benzene rings is 10. The maximum Gasteiger partial charge on any atom is 0.137 e. The number of nitrogens with zero attached hydrogens (tertiary/aromatic N) is 1. The van der Waals surface area contributed by atoms with E-state index in [2.05, 4.69) is 226 Å². The molecular formula is C66H45NO2. The zero-order valence-corrected chi connectivity index (χ0v) is 38.8. The summed E-state index contributed by atoms with van der Waals surface area (Å²) in [5.41, 5.74) is 24.5. The van der Waals surface area contributed by atoms with E-state index in [-0.39, 0.29) is 10.8 Å². The Hall–Kier alpha value is -8.40. The summed E-state index contributed by atoms with van der Waals surface area (Å²) >= 11 is 0. The molecule has 0 saturated carbocycles. The summed E-state index contributed by atoms with van der Waals surface area (Å²) in [6, 6.07) is 74.0. The molecule has 3 nitrogen and oxygen atoms in total. The van der Waals surface area contributed by atoms with Crippen LogP contribution in [0.4, 0.5) is 0 Å². The predicted molar refractivity (Wildman–Crippen MR) is 287 cm³/mol. The van der Waals surface area contributed by atoms with Crippen LogP contribution >= 0.6 is 0 Å². The molecule has 2 aliphatic rings. The van der Waals surface area contributed by atoms with Crippen LogP contribution in [0.1, 0.15) is 49.9 Å². The number of hydrogen-bond acceptors (Lipinski definition) is 2. The lowest BCUT2D eigenvalue weighted by atomic mass is 9.81. The molecule has 0 unspecified atom stereocenters. The Morgan fingerprint density at radius 2 is 0.826 bits per heavy atom. The Kier molecular flexibility index (Phi) is 7.63. The molecule has 0 aliphatic heterocycles. The number of furan rings is 2. The fourth-order valence-electron chi connectivity index (χ4n) is 12.9. The lowest BCUT2D eigenvalue weighted by molar-refractivity contribution is 0.660. The first kappa shape index (κ1) is 38.7. The van der Waals surface area contributed by atoms with Crippen LogP contribution in [0.2, 0.25) is 0 Å². The van der Waals surface area contributed by atoms with Gasteiger partial charge in [0.25, 0.3) is 0 Å². The van der Waals surface area contributed by atoms with Crippen LogP contribution in [-0.2, 0) is 10.8 Å². The normalized spacial score (nSPS) is 14.3. The van der Waals surface area contributed by atoms with E-state index in [0.29, 0.717) is 0 Å². The van der Waals surface area contributed by atoms with Gasteiger partial charge < -0.3 is 13.4 Å². The van der Waals surface area contributed by atoms with Crippen molar-refractivity contribution in [1.82, 2.24) is 4.57 Å². The Morgan fingerprint density at radius 1 is 0.333 bits per heavy atom. The lowest BCUT2D eigenvalue weighted by Gasteiger charge is -2.22. The van der Waals surface area contributed by atoms with Gasteiger partial charge in [-0.2, -0.15) is 0 Å². The molecule has 0 amide bonds. The van der Waals surface area contributed by atoms with Crippen LogP contribution in [0.15, 0.2) is 209 Å². The first-order chi connectivity index (χ1) is 33.8. The molecule has 69 heavy (non-hydrogen) atoms. The Labute approximate surface area is 399 Å². The SMILES string of the molecule is CC1(C)c2ccccc2-c2c(-c3cc(-c4cccc5c4-c4ccccc4C5(C)C)c4c(c3)c3cc(-c5cccc6oc7ccccc7c56)ccc3n4-c3cccc4oc5ccccc5c34)cccc21. The van der Waals surface area contributed by atoms with Crippen molar-refractivity contribution >= 4 is 65.7 Å². The molecule has 3 aromatic heterocycles. The molecule has 0 saturated heterocycles. The third kappa shape index (κ3) is 5.12. The average molecular weight is 884 g/mol. The van der Waals surface area contributed by atoms with Crippen molar-refractivity contribution in [1.29, 1.82) is 0 Å². The van der Waals surface area contributed by atoms with Gasteiger partial charge >= 0.3 is 0 Å². The smallest absolute Gasteiger partial charge is 0.137 e. The summed E-state index contributed by atoms with van der Waals surface area (Å²) in [7, 11) is 0. The second-order valence-corrected chi connectivity index (χ2v) is 20.3. The minimum atomic E-state index is -0.171. The largest absolute Gasteiger partial charge is 0.456 e. The Bertz CT molecular complexity index is 4380. The molecule has 0 spiro atoms. The van der Waals surface area contributed by atoms with Gasteiger partial charge in [0.1, 0.15) is 22.3 Å². The van der Waals surface area contributed by atoms with Gasteiger partial charge in [-0.3, -0.25) is 0 Å². The zero-order chi connectivity index (χ0) is 45.9. The molecule has 13 aromatic rings. The van der Waals surface area contributed by atoms with Gasteiger partial charge in [-0.05, 0) is 127 Å². The van der Waals surface area contributed by atoms with E-state index in [0.717, 1.165) is 66.2 Å². The summed E-state index contributed by atoms with van der Waals surface area (Å²) < 4.78 is 15.7. The van der Waals surface area contributed by atoms with E-state index in [1.807, 2.05) is 6.07 Å². The van der Waals surface area contributed by atoms with Gasteiger partial charge in [0, 0.05) is 43.3 Å². The highest BCUT2D eigenvalue weighted by Gasteiger charge is 2.39. The molecule has 3 heteroatoms. The fraction of sp³-hybridized carbons (Fsp3) is 0.0909. The second-order valence-electron chi connectivity index (χ2n) is 20.3. The van der Waals surface area contributed by atoms with Gasteiger partial charge in [-0.25, -0.2) is 0 Å². The van der Waals surface area contributed by atoms with Gasteiger partial charge in [0.2, 0.25) is 0 Å². The minimum Gasteiger partial charge on any atom is -0.456 e. The van der Waals surface area contributed by atoms with Crippen molar-refractivity contribution in [3.63, 3.8) is 0 Å². The van der Waals surface area contributed by atoms with Gasteiger partial charge in [0.15, 0.2) is 0 Å². The molecule has 15 rings (SSSR count). The van der Waals surface area contributed by atoms with Crippen LogP contribution < -0.4 is 0 Å². The van der Waals surface area contributed by atoms with E-state index in [9.17, 15) is 0 Å². The van der Waals surface area contributed by atoms with Crippen LogP contribution in [0.3, 0.4) is 0 Å². The molecule has 326 valence electrons. The Balaban J connectivity index is 1.13. The third-order valence-corrected chi connectivity index (χ3v) is 16.0. The van der Waals surface area contributed by atoms with Crippen molar-refractivity contribution in [2.45, 2.75) is 38.5 Å². The monoisotopic (exact) mass is 883 g/mol. The fourth-order valence-corrected chi connectivity index (χ4v) is 12.9. The van der Waals surface area contributed by atoms with Crippen LogP contribution in [0.25, 0.3) is 127 Å². The molecule has 0 atom stereocenters. The highest BCUT2D eigenvalue weighted by molar-refractivity contribution is 6.21. The highest BCUT2D eigenvalue weighted by atomic mass is 16.3. The third-order valence-electron chi connectivity index (χ3n) is 16.0. The number of rotatable bonds is 4. The number of fused-ring (bicyclic) bond motifs is 15. The molecule has 3 heterocycles.